The van der Waals surface area contributed by atoms with Gasteiger partial charge in [-0.25, -0.2) is 5.10 Å². The van der Waals surface area contributed by atoms with Crippen LogP contribution in [0, 0.1) is 20.0 Å². The van der Waals surface area contributed by atoms with Crippen LogP contribution in [0.3, 0.4) is 0 Å². The van der Waals surface area contributed by atoms with Crippen molar-refractivity contribution < 1.29 is 34.4 Å². The van der Waals surface area contributed by atoms with Gasteiger partial charge in [-0.3, -0.25) is 25.4 Å². The van der Waals surface area contributed by atoms with E-state index in [9.17, 15) is 0 Å². The molecule has 0 aliphatic heterocycles. The van der Waals surface area contributed by atoms with E-state index >= 15 is 0 Å². The van der Waals surface area contributed by atoms with Gasteiger partial charge in [-0.2, -0.15) is 0 Å². The second-order valence-corrected chi connectivity index (χ2v) is 5.15. The third-order valence-electron chi connectivity index (χ3n) is 3.60. The van der Waals surface area contributed by atoms with Crippen LogP contribution in [-0.4, -0.2) is 30.4 Å². The Labute approximate surface area is 196 Å². The first-order valence-electron chi connectivity index (χ1n) is 8.20. The minimum atomic E-state index is 0. The summed E-state index contributed by atoms with van der Waals surface area (Å²) < 4.78 is 22.5. The molecule has 157 valence electrons. The van der Waals surface area contributed by atoms with Gasteiger partial charge >= 0.3 is 33.9 Å². The molecule has 0 atom stereocenters. The molecule has 32 heavy (non-hydrogen) atoms. The Balaban J connectivity index is 0.000000484. The van der Waals surface area contributed by atoms with E-state index in [0.717, 1.165) is 27.4 Å². The summed E-state index contributed by atoms with van der Waals surface area (Å²) in [6.07, 6.45) is 6.95. The molecule has 0 aliphatic carbocycles. The molecular weight excluding hydrogens is 584 g/mol. The quantitative estimate of drug-likeness (QED) is 0.164. The van der Waals surface area contributed by atoms with Crippen LogP contribution in [0.2, 0.25) is 0 Å². The van der Waals surface area contributed by atoms with Crippen LogP contribution in [0.1, 0.15) is 0 Å². The van der Waals surface area contributed by atoms with Gasteiger partial charge in [-0.05, 0) is 24.3 Å². The van der Waals surface area contributed by atoms with E-state index in [4.69, 9.17) is 14.0 Å². The molecule has 0 N–H and O–H groups in total. The summed E-state index contributed by atoms with van der Waals surface area (Å²) >= 11 is 0. The van der Waals surface area contributed by atoms with Gasteiger partial charge < -0.3 is 5.10 Å². The summed E-state index contributed by atoms with van der Waals surface area (Å²) in [5, 5.41) is 16.4. The van der Waals surface area contributed by atoms with Crippen LogP contribution >= 0.6 is 0 Å². The first kappa shape index (κ1) is 28.1. The predicted octanol–water partition coefficient (Wildman–Crippen LogP) is 2.56. The first-order valence-corrected chi connectivity index (χ1v) is 8.20. The summed E-state index contributed by atoms with van der Waals surface area (Å²) in [6.45, 7) is 13.5. The zero-order valence-electron chi connectivity index (χ0n) is 16.2. The van der Waals surface area contributed by atoms with Gasteiger partial charge in [-0.1, -0.05) is 24.3 Å². The molecule has 4 heterocycles. The second kappa shape index (κ2) is 16.9. The van der Waals surface area contributed by atoms with E-state index in [2.05, 4.69) is 79.8 Å². The second-order valence-electron chi connectivity index (χ2n) is 5.15. The van der Waals surface area contributed by atoms with E-state index in [1.54, 1.807) is 36.9 Å². The topological polar surface area (TPSA) is 151 Å². The number of tetrazole rings is 1. The molecule has 0 aliphatic rings. The molecule has 5 rings (SSSR count). The summed E-state index contributed by atoms with van der Waals surface area (Å²) in [5.41, 5.74) is 2.83. The molecular formula is C21H12N7O3Re-. The normalized spacial score (nSPS) is 8.31. The van der Waals surface area contributed by atoms with Gasteiger partial charge in [0, 0.05) is 61.5 Å². The van der Waals surface area contributed by atoms with Crippen LogP contribution in [-0.2, 0) is 34.4 Å². The van der Waals surface area contributed by atoms with Gasteiger partial charge in [0.2, 0.25) is 0 Å². The summed E-state index contributed by atoms with van der Waals surface area (Å²) in [6, 6.07) is 15.7. The molecule has 4 aromatic heterocycles. The Morgan fingerprint density at radius 1 is 0.656 bits per heavy atom. The first-order chi connectivity index (χ1) is 15.4. The number of nitrogens with zero attached hydrogens (tertiary/aromatic N) is 7. The predicted molar refractivity (Wildman–Crippen MR) is 105 cm³/mol. The maximum Gasteiger partial charge on any atom is 0.0964 e. The van der Waals surface area contributed by atoms with E-state index in [-0.39, 0.29) is 20.4 Å². The molecule has 1 aromatic carbocycles. The third kappa shape index (κ3) is 7.76. The summed E-state index contributed by atoms with van der Waals surface area (Å²) in [7, 11) is 0. The number of hydrogen-bond donors (Lipinski definition) is 0. The Morgan fingerprint density at radius 3 is 1.59 bits per heavy atom. The number of aromatic nitrogens is 7. The van der Waals surface area contributed by atoms with Crippen LogP contribution < -0.4 is 5.21 Å². The van der Waals surface area contributed by atoms with Crippen LogP contribution in [0.4, 0.5) is 0 Å². The Kier molecular flexibility index (Phi) is 14.9. The fourth-order valence-electron chi connectivity index (χ4n) is 2.44. The minimum Gasteiger partial charge on any atom is -0.331 e. The zero-order chi connectivity index (χ0) is 22.9. The average molecular weight is 597 g/mol. The standard InChI is InChI=1S/C12H8N2.C6H4N5.3CO.Re/c1-3-9-5-6-10-4-2-8-14-12(10)11(9)13-7-1;1-3-7-4-2-5(1)6-8-10-11-9-6;3*1-2;/h1-8H;1-4H;;;;/q;-1;;;;. The van der Waals surface area contributed by atoms with E-state index in [0.29, 0.717) is 5.82 Å². The molecule has 5 aromatic rings. The number of fused-ring (bicyclic) bond motifs is 3. The van der Waals surface area contributed by atoms with E-state index < -0.39 is 0 Å². The molecule has 0 spiro atoms. The van der Waals surface area contributed by atoms with Crippen LogP contribution in [0.25, 0.3) is 33.2 Å². The van der Waals surface area contributed by atoms with Crippen molar-refractivity contribution in [3.05, 3.63) is 93.3 Å². The fourth-order valence-corrected chi connectivity index (χ4v) is 2.44. The summed E-state index contributed by atoms with van der Waals surface area (Å²) in [5.74, 6) is 0.535. The fraction of sp³-hybridized carbons (Fsp3) is 0. The van der Waals surface area contributed by atoms with Crippen molar-refractivity contribution in [1.82, 2.24) is 35.6 Å². The Hall–Kier alpha value is -3.86. The number of benzene rings is 1. The zero-order valence-corrected chi connectivity index (χ0v) is 18.9. The van der Waals surface area contributed by atoms with Gasteiger partial charge in [0.1, 0.15) is 0 Å². The molecule has 0 saturated carbocycles. The number of hydrogen-bond acceptors (Lipinski definition) is 6. The van der Waals surface area contributed by atoms with Crippen molar-refractivity contribution >= 4 is 21.8 Å². The molecule has 0 fully saturated rings. The molecule has 10 nitrogen and oxygen atoms in total. The molecule has 0 saturated heterocycles. The van der Waals surface area contributed by atoms with E-state index in [1.165, 1.54) is 0 Å². The Morgan fingerprint density at radius 2 is 1.16 bits per heavy atom. The SMILES string of the molecule is [C-]#[O+].[C-]#[O+].[C-]#[O+].[Re].c1cc(-c2nn[n-]n2)ccn1.c1cnc2c(c1)ccc1cccnc12. The maximum atomic E-state index is 7.50. The molecule has 0 amide bonds. The smallest absolute Gasteiger partial charge is 0.0964 e. The van der Waals surface area contributed by atoms with Crippen molar-refractivity contribution in [1.29, 1.82) is 0 Å². The Bertz CT molecular complexity index is 1170. The third-order valence-corrected chi connectivity index (χ3v) is 3.60. The van der Waals surface area contributed by atoms with Crippen molar-refractivity contribution in [3.63, 3.8) is 0 Å². The van der Waals surface area contributed by atoms with Gasteiger partial charge in [0.25, 0.3) is 0 Å². The number of rotatable bonds is 1. The van der Waals surface area contributed by atoms with Gasteiger partial charge in [-0.15, -0.1) is 0 Å². The average Bonchev–Trinajstić information content (AvgIpc) is 3.44. The van der Waals surface area contributed by atoms with Crippen LogP contribution in [0.5, 0.6) is 0 Å². The van der Waals surface area contributed by atoms with Crippen molar-refractivity contribution in [2.75, 3.05) is 0 Å². The van der Waals surface area contributed by atoms with Crippen molar-refractivity contribution in [2.24, 2.45) is 0 Å². The van der Waals surface area contributed by atoms with E-state index in [1.807, 2.05) is 12.1 Å². The molecule has 1 radical (unpaired) electrons. The van der Waals surface area contributed by atoms with Crippen LogP contribution in [0.15, 0.2) is 73.3 Å². The van der Waals surface area contributed by atoms with Crippen molar-refractivity contribution in [3.8, 4) is 11.4 Å². The molecule has 11 heteroatoms. The monoisotopic (exact) mass is 597 g/mol. The minimum absolute atomic E-state index is 0. The van der Waals surface area contributed by atoms with Gasteiger partial charge in [0.15, 0.2) is 0 Å². The van der Waals surface area contributed by atoms with Crippen molar-refractivity contribution in [2.45, 2.75) is 0 Å². The largest absolute Gasteiger partial charge is 0.331 e. The summed E-state index contributed by atoms with van der Waals surface area (Å²) in [4.78, 5) is 12.6. The molecule has 0 bridgehead atoms. The number of pyridine rings is 3. The van der Waals surface area contributed by atoms with Gasteiger partial charge in [0.05, 0.1) is 16.9 Å². The molecule has 0 unspecified atom stereocenters. The maximum absolute atomic E-state index is 7.50.